The highest BCUT2D eigenvalue weighted by molar-refractivity contribution is 5.67. The fourth-order valence-corrected chi connectivity index (χ4v) is 1.87. The zero-order valence-electron chi connectivity index (χ0n) is 13.2. The van der Waals surface area contributed by atoms with Crippen molar-refractivity contribution in [3.63, 3.8) is 0 Å². The Morgan fingerprint density at radius 2 is 2.14 bits per heavy atom. The van der Waals surface area contributed by atoms with E-state index in [0.29, 0.717) is 18.8 Å². The van der Waals surface area contributed by atoms with Crippen LogP contribution < -0.4 is 10.6 Å². The van der Waals surface area contributed by atoms with Gasteiger partial charge in [0.25, 0.3) is 0 Å². The average molecular weight is 312 g/mol. The monoisotopic (exact) mass is 312 g/mol. The van der Waals surface area contributed by atoms with E-state index >= 15 is 0 Å². The minimum Gasteiger partial charge on any atom is -0.465 e. The number of nitrogens with one attached hydrogen (secondary N) is 3. The Kier molecular flexibility index (Phi) is 6.68. The van der Waals surface area contributed by atoms with Gasteiger partial charge in [0, 0.05) is 18.9 Å². The summed E-state index contributed by atoms with van der Waals surface area (Å²) in [7, 11) is 0. The van der Waals surface area contributed by atoms with Crippen LogP contribution in [0.4, 0.5) is 9.59 Å². The minimum atomic E-state index is -1.09. The van der Waals surface area contributed by atoms with E-state index in [1.165, 1.54) is 0 Å². The second kappa shape index (κ2) is 8.26. The summed E-state index contributed by atoms with van der Waals surface area (Å²) in [4.78, 5) is 29.2. The van der Waals surface area contributed by atoms with E-state index in [9.17, 15) is 9.59 Å². The van der Waals surface area contributed by atoms with Crippen LogP contribution in [0.15, 0.2) is 12.4 Å². The number of alkyl carbamates (subject to hydrolysis) is 1. The molecule has 1 aromatic heterocycles. The molecule has 1 unspecified atom stereocenters. The minimum absolute atomic E-state index is 0.381. The van der Waals surface area contributed by atoms with E-state index in [-0.39, 0.29) is 6.04 Å². The molecule has 124 valence electrons. The van der Waals surface area contributed by atoms with Crippen LogP contribution in [0.25, 0.3) is 0 Å². The van der Waals surface area contributed by atoms with Crippen molar-refractivity contribution in [2.75, 3.05) is 6.54 Å². The molecule has 0 radical (unpaired) electrons. The maximum Gasteiger partial charge on any atom is 0.407 e. The Morgan fingerprint density at radius 1 is 1.41 bits per heavy atom. The van der Waals surface area contributed by atoms with E-state index < -0.39 is 17.8 Å². The van der Waals surface area contributed by atoms with Gasteiger partial charge in [-0.3, -0.25) is 0 Å². The van der Waals surface area contributed by atoms with Crippen molar-refractivity contribution in [3.8, 4) is 0 Å². The van der Waals surface area contributed by atoms with Gasteiger partial charge in [0.15, 0.2) is 0 Å². The van der Waals surface area contributed by atoms with Crippen LogP contribution in [0.3, 0.4) is 0 Å². The molecule has 0 aliphatic heterocycles. The Morgan fingerprint density at radius 3 is 2.68 bits per heavy atom. The number of nitrogens with zero attached hydrogens (tertiary/aromatic N) is 1. The number of H-pyrrole nitrogens is 1. The lowest BCUT2D eigenvalue weighted by molar-refractivity contribution is 0.0527. The third-order valence-corrected chi connectivity index (χ3v) is 2.73. The molecule has 0 spiro atoms. The molecule has 0 aromatic carbocycles. The van der Waals surface area contributed by atoms with Gasteiger partial charge in [-0.1, -0.05) is 0 Å². The van der Waals surface area contributed by atoms with Crippen LogP contribution >= 0.6 is 0 Å². The van der Waals surface area contributed by atoms with Crippen LogP contribution in [0.2, 0.25) is 0 Å². The topological polar surface area (TPSA) is 116 Å². The van der Waals surface area contributed by atoms with Gasteiger partial charge in [-0.25, -0.2) is 14.6 Å². The van der Waals surface area contributed by atoms with Crippen LogP contribution in [-0.4, -0.2) is 39.4 Å². The highest BCUT2D eigenvalue weighted by Gasteiger charge is 2.17. The molecule has 0 aliphatic carbocycles. The maximum atomic E-state index is 11.4. The Balaban J connectivity index is 2.26. The summed E-state index contributed by atoms with van der Waals surface area (Å²) in [6.07, 6.45) is 3.74. The van der Waals surface area contributed by atoms with Crippen molar-refractivity contribution in [3.05, 3.63) is 18.2 Å². The molecule has 1 atom stereocenters. The number of amides is 2. The summed E-state index contributed by atoms with van der Waals surface area (Å²) >= 11 is 0. The molecule has 0 saturated heterocycles. The SMILES string of the molecule is CC(C)(C)OC(=O)NCCCCC(NC(=O)O)c1ncc[nH]1. The Labute approximate surface area is 129 Å². The van der Waals surface area contributed by atoms with E-state index in [1.807, 2.05) is 0 Å². The Hall–Kier alpha value is -2.25. The third kappa shape index (κ3) is 7.51. The molecular formula is C14H24N4O4. The molecule has 0 fully saturated rings. The fourth-order valence-electron chi connectivity index (χ4n) is 1.87. The molecule has 2 amide bonds. The standard InChI is InChI=1S/C14H24N4O4/c1-14(2,3)22-13(21)17-7-5-4-6-10(18-12(19)20)11-15-8-9-16-11/h8-10,18H,4-7H2,1-3H3,(H,15,16)(H,17,21)(H,19,20). The molecule has 22 heavy (non-hydrogen) atoms. The van der Waals surface area contributed by atoms with Crippen LogP contribution in [0.5, 0.6) is 0 Å². The average Bonchev–Trinajstić information content (AvgIpc) is 2.88. The number of imidazole rings is 1. The van der Waals surface area contributed by atoms with Crippen LogP contribution in [0.1, 0.15) is 51.9 Å². The summed E-state index contributed by atoms with van der Waals surface area (Å²) in [6.45, 7) is 5.89. The number of aromatic nitrogens is 2. The first-order chi connectivity index (χ1) is 10.3. The van der Waals surface area contributed by atoms with E-state index in [2.05, 4.69) is 20.6 Å². The van der Waals surface area contributed by atoms with Gasteiger partial charge >= 0.3 is 12.2 Å². The summed E-state index contributed by atoms with van der Waals surface area (Å²) in [5.74, 6) is 0.586. The van der Waals surface area contributed by atoms with Crippen molar-refractivity contribution in [1.82, 2.24) is 20.6 Å². The Bertz CT molecular complexity index is 468. The largest absolute Gasteiger partial charge is 0.465 e. The van der Waals surface area contributed by atoms with Gasteiger partial charge in [-0.15, -0.1) is 0 Å². The lowest BCUT2D eigenvalue weighted by Gasteiger charge is -2.19. The maximum absolute atomic E-state index is 11.4. The molecule has 8 heteroatoms. The number of rotatable bonds is 7. The second-order valence-corrected chi connectivity index (χ2v) is 5.90. The number of ether oxygens (including phenoxy) is 1. The van der Waals surface area contributed by atoms with Crippen molar-refractivity contribution in [2.45, 2.75) is 51.7 Å². The number of carbonyl (C=O) groups excluding carboxylic acids is 1. The highest BCUT2D eigenvalue weighted by Crippen LogP contribution is 2.15. The number of hydrogen-bond donors (Lipinski definition) is 4. The van der Waals surface area contributed by atoms with E-state index in [1.54, 1.807) is 33.2 Å². The molecule has 4 N–H and O–H groups in total. The molecule has 0 aliphatic rings. The van der Waals surface area contributed by atoms with Gasteiger partial charge in [-0.2, -0.15) is 0 Å². The first-order valence-electron chi connectivity index (χ1n) is 7.23. The highest BCUT2D eigenvalue weighted by atomic mass is 16.6. The smallest absolute Gasteiger partial charge is 0.407 e. The van der Waals surface area contributed by atoms with Gasteiger partial charge in [0.05, 0.1) is 6.04 Å². The van der Waals surface area contributed by atoms with Crippen molar-refractivity contribution in [2.24, 2.45) is 0 Å². The lowest BCUT2D eigenvalue weighted by Crippen LogP contribution is -2.33. The van der Waals surface area contributed by atoms with E-state index in [0.717, 1.165) is 12.8 Å². The number of carbonyl (C=O) groups is 2. The van der Waals surface area contributed by atoms with Crippen molar-refractivity contribution in [1.29, 1.82) is 0 Å². The van der Waals surface area contributed by atoms with Crippen LogP contribution in [-0.2, 0) is 4.74 Å². The number of carboxylic acid groups (broad SMARTS) is 1. The predicted molar refractivity (Wildman–Crippen MR) is 80.6 cm³/mol. The molecular weight excluding hydrogens is 288 g/mol. The fraction of sp³-hybridized carbons (Fsp3) is 0.643. The molecule has 8 nitrogen and oxygen atoms in total. The summed E-state index contributed by atoms with van der Waals surface area (Å²) in [6, 6.07) is -0.381. The lowest BCUT2D eigenvalue weighted by atomic mass is 10.1. The summed E-state index contributed by atoms with van der Waals surface area (Å²) < 4.78 is 5.12. The van der Waals surface area contributed by atoms with Gasteiger partial charge in [-0.05, 0) is 40.0 Å². The third-order valence-electron chi connectivity index (χ3n) is 2.73. The summed E-state index contributed by atoms with van der Waals surface area (Å²) in [5, 5.41) is 13.9. The van der Waals surface area contributed by atoms with Gasteiger partial charge in [0.2, 0.25) is 0 Å². The first kappa shape index (κ1) is 17.8. The summed E-state index contributed by atoms with van der Waals surface area (Å²) in [5.41, 5.74) is -0.514. The molecule has 0 bridgehead atoms. The van der Waals surface area contributed by atoms with Gasteiger partial charge < -0.3 is 25.5 Å². The first-order valence-corrected chi connectivity index (χ1v) is 7.23. The quantitative estimate of drug-likeness (QED) is 0.577. The molecule has 1 aromatic rings. The van der Waals surface area contributed by atoms with Crippen LogP contribution in [0, 0.1) is 0 Å². The normalized spacial score (nSPS) is 12.5. The molecule has 1 rings (SSSR count). The van der Waals surface area contributed by atoms with Gasteiger partial charge in [0.1, 0.15) is 11.4 Å². The van der Waals surface area contributed by atoms with Crippen molar-refractivity contribution >= 4 is 12.2 Å². The second-order valence-electron chi connectivity index (χ2n) is 5.90. The van der Waals surface area contributed by atoms with Crippen molar-refractivity contribution < 1.29 is 19.4 Å². The molecule has 0 saturated carbocycles. The zero-order chi connectivity index (χ0) is 16.6. The predicted octanol–water partition coefficient (Wildman–Crippen LogP) is 2.41. The zero-order valence-corrected chi connectivity index (χ0v) is 13.2. The molecule has 1 heterocycles. The number of aromatic amines is 1. The van der Waals surface area contributed by atoms with E-state index in [4.69, 9.17) is 9.84 Å². The number of hydrogen-bond acceptors (Lipinski definition) is 4. The number of unbranched alkanes of at least 4 members (excludes halogenated alkanes) is 1.